The fraction of sp³-hybridized carbons (Fsp3) is 0.269. The maximum atomic E-state index is 13.8. The van der Waals surface area contributed by atoms with E-state index < -0.39 is 11.6 Å². The van der Waals surface area contributed by atoms with Crippen molar-refractivity contribution in [2.45, 2.75) is 18.3 Å². The van der Waals surface area contributed by atoms with E-state index in [9.17, 15) is 13.6 Å². The summed E-state index contributed by atoms with van der Waals surface area (Å²) in [5.41, 5.74) is 3.71. The predicted octanol–water partition coefficient (Wildman–Crippen LogP) is 5.06. The number of fused-ring (bicyclic) bond motifs is 2. The van der Waals surface area contributed by atoms with E-state index in [1.807, 2.05) is 18.2 Å². The Morgan fingerprint density at radius 3 is 2.44 bits per heavy atom. The minimum atomic E-state index is -0.680. The lowest BCUT2D eigenvalue weighted by Gasteiger charge is -2.40. The van der Waals surface area contributed by atoms with Crippen LogP contribution in [0.15, 0.2) is 72.8 Å². The van der Waals surface area contributed by atoms with Gasteiger partial charge in [0.15, 0.2) is 18.2 Å². The SMILES string of the molecule is O=C(COc1cc(F)ccc1F)N1CCC2(CC1)CN(c1ccccc1)c1ccccc12. The Hall–Kier alpha value is -3.41. The smallest absolute Gasteiger partial charge is 0.260 e. The van der Waals surface area contributed by atoms with E-state index in [2.05, 4.69) is 41.3 Å². The maximum absolute atomic E-state index is 13.8. The number of benzene rings is 3. The van der Waals surface area contributed by atoms with Crippen molar-refractivity contribution in [1.82, 2.24) is 4.90 Å². The highest BCUT2D eigenvalue weighted by Gasteiger charge is 2.45. The van der Waals surface area contributed by atoms with Crippen LogP contribution in [0.1, 0.15) is 18.4 Å². The van der Waals surface area contributed by atoms with Gasteiger partial charge in [-0.15, -0.1) is 0 Å². The van der Waals surface area contributed by atoms with E-state index in [0.29, 0.717) is 13.1 Å². The highest BCUT2D eigenvalue weighted by atomic mass is 19.1. The average Bonchev–Trinajstić information content (AvgIpc) is 3.14. The minimum absolute atomic E-state index is 0.0151. The van der Waals surface area contributed by atoms with Crippen LogP contribution in [0.2, 0.25) is 0 Å². The molecule has 2 aliphatic heterocycles. The molecule has 2 aliphatic rings. The van der Waals surface area contributed by atoms with Crippen molar-refractivity contribution >= 4 is 17.3 Å². The lowest BCUT2D eigenvalue weighted by atomic mass is 9.74. The van der Waals surface area contributed by atoms with Crippen molar-refractivity contribution in [2.24, 2.45) is 0 Å². The van der Waals surface area contributed by atoms with Gasteiger partial charge in [0.05, 0.1) is 0 Å². The van der Waals surface area contributed by atoms with Crippen LogP contribution >= 0.6 is 0 Å². The molecule has 0 aromatic heterocycles. The predicted molar refractivity (Wildman–Crippen MR) is 119 cm³/mol. The van der Waals surface area contributed by atoms with Gasteiger partial charge in [0.1, 0.15) is 5.82 Å². The molecular formula is C26H24F2N2O2. The molecule has 1 amide bonds. The van der Waals surface area contributed by atoms with Gasteiger partial charge in [-0.05, 0) is 48.7 Å². The van der Waals surface area contributed by atoms with E-state index in [1.54, 1.807) is 4.90 Å². The molecule has 32 heavy (non-hydrogen) atoms. The summed E-state index contributed by atoms with van der Waals surface area (Å²) in [5.74, 6) is -1.73. The first kappa shape index (κ1) is 20.5. The molecule has 0 bridgehead atoms. The van der Waals surface area contributed by atoms with Crippen molar-refractivity contribution < 1.29 is 18.3 Å². The zero-order valence-electron chi connectivity index (χ0n) is 17.6. The molecule has 0 atom stereocenters. The average molecular weight is 434 g/mol. The lowest BCUT2D eigenvalue weighted by molar-refractivity contribution is -0.135. The van der Waals surface area contributed by atoms with E-state index in [0.717, 1.165) is 37.6 Å². The fourth-order valence-corrected chi connectivity index (χ4v) is 4.90. The standard InChI is InChI=1S/C26H24F2N2O2/c27-19-10-11-22(28)24(16-19)32-17-25(31)29-14-12-26(13-15-29)18-30(20-6-2-1-3-7-20)23-9-5-4-8-21(23)26/h1-11,16H,12-15,17-18H2. The van der Waals surface area contributed by atoms with Crippen molar-refractivity contribution in [3.63, 3.8) is 0 Å². The summed E-state index contributed by atoms with van der Waals surface area (Å²) in [4.78, 5) is 16.8. The largest absolute Gasteiger partial charge is 0.481 e. The van der Waals surface area contributed by atoms with Crippen molar-refractivity contribution in [1.29, 1.82) is 0 Å². The molecule has 164 valence electrons. The Kier molecular flexibility index (Phi) is 5.29. The van der Waals surface area contributed by atoms with Crippen LogP contribution in [0.4, 0.5) is 20.2 Å². The van der Waals surface area contributed by atoms with Crippen LogP contribution in [-0.4, -0.2) is 37.0 Å². The number of hydrogen-bond donors (Lipinski definition) is 0. The Morgan fingerprint density at radius 1 is 0.938 bits per heavy atom. The molecule has 1 saturated heterocycles. The summed E-state index contributed by atoms with van der Waals surface area (Å²) >= 11 is 0. The second kappa shape index (κ2) is 8.26. The van der Waals surface area contributed by atoms with Gasteiger partial charge in [-0.2, -0.15) is 0 Å². The Bertz CT molecular complexity index is 1130. The molecule has 3 aromatic carbocycles. The van der Waals surface area contributed by atoms with Crippen LogP contribution in [0.3, 0.4) is 0 Å². The number of piperidine rings is 1. The van der Waals surface area contributed by atoms with E-state index >= 15 is 0 Å². The quantitative estimate of drug-likeness (QED) is 0.576. The molecule has 0 unspecified atom stereocenters. The number of ether oxygens (including phenoxy) is 1. The molecular weight excluding hydrogens is 410 g/mol. The van der Waals surface area contributed by atoms with Crippen LogP contribution in [0.25, 0.3) is 0 Å². The molecule has 3 aromatic rings. The van der Waals surface area contributed by atoms with Gasteiger partial charge in [-0.3, -0.25) is 4.79 Å². The molecule has 1 fully saturated rings. The van der Waals surface area contributed by atoms with Crippen molar-refractivity contribution in [3.8, 4) is 5.75 Å². The highest BCUT2D eigenvalue weighted by molar-refractivity contribution is 5.78. The second-order valence-corrected chi connectivity index (χ2v) is 8.46. The van der Waals surface area contributed by atoms with Gasteiger partial charge in [-0.1, -0.05) is 36.4 Å². The fourth-order valence-electron chi connectivity index (χ4n) is 4.90. The minimum Gasteiger partial charge on any atom is -0.481 e. The number of carbonyl (C=O) groups is 1. The molecule has 0 saturated carbocycles. The highest BCUT2D eigenvalue weighted by Crippen LogP contribution is 2.49. The number of amides is 1. The first-order valence-corrected chi connectivity index (χ1v) is 10.8. The maximum Gasteiger partial charge on any atom is 0.260 e. The summed E-state index contributed by atoms with van der Waals surface area (Å²) in [6.45, 7) is 1.78. The first-order valence-electron chi connectivity index (χ1n) is 10.8. The van der Waals surface area contributed by atoms with E-state index in [4.69, 9.17) is 4.74 Å². The number of hydrogen-bond acceptors (Lipinski definition) is 3. The lowest BCUT2D eigenvalue weighted by Crippen LogP contribution is -2.48. The molecule has 0 aliphatic carbocycles. The van der Waals surface area contributed by atoms with Crippen LogP contribution < -0.4 is 9.64 Å². The summed E-state index contributed by atoms with van der Waals surface area (Å²) < 4.78 is 32.4. The number of para-hydroxylation sites is 2. The molecule has 0 N–H and O–H groups in total. The van der Waals surface area contributed by atoms with Crippen molar-refractivity contribution in [3.05, 3.63) is 90.0 Å². The monoisotopic (exact) mass is 434 g/mol. The van der Waals surface area contributed by atoms with Gasteiger partial charge in [0.2, 0.25) is 0 Å². The summed E-state index contributed by atoms with van der Waals surface area (Å²) in [7, 11) is 0. The number of halogens is 2. The molecule has 4 nitrogen and oxygen atoms in total. The van der Waals surface area contributed by atoms with Gasteiger partial charge in [0.25, 0.3) is 5.91 Å². The van der Waals surface area contributed by atoms with Gasteiger partial charge in [0, 0.05) is 42.5 Å². The van der Waals surface area contributed by atoms with Crippen molar-refractivity contribution in [2.75, 3.05) is 31.1 Å². The first-order chi connectivity index (χ1) is 15.6. The molecule has 5 rings (SSSR count). The third-order valence-corrected chi connectivity index (χ3v) is 6.61. The summed E-state index contributed by atoms with van der Waals surface area (Å²) in [6.07, 6.45) is 1.68. The van der Waals surface area contributed by atoms with Gasteiger partial charge >= 0.3 is 0 Å². The topological polar surface area (TPSA) is 32.8 Å². The zero-order chi connectivity index (χ0) is 22.1. The van der Waals surface area contributed by atoms with Crippen LogP contribution in [0.5, 0.6) is 5.75 Å². The number of nitrogens with zero attached hydrogens (tertiary/aromatic N) is 2. The number of likely N-dealkylation sites (tertiary alicyclic amines) is 1. The number of carbonyl (C=O) groups excluding carboxylic acids is 1. The Morgan fingerprint density at radius 2 is 1.66 bits per heavy atom. The zero-order valence-corrected chi connectivity index (χ0v) is 17.6. The van der Waals surface area contributed by atoms with Gasteiger partial charge < -0.3 is 14.5 Å². The third kappa shape index (κ3) is 3.70. The van der Waals surface area contributed by atoms with Gasteiger partial charge in [-0.25, -0.2) is 8.78 Å². The normalized spacial score (nSPS) is 16.8. The Balaban J connectivity index is 1.27. The number of rotatable bonds is 4. The molecule has 0 radical (unpaired) electrons. The number of anilines is 2. The van der Waals surface area contributed by atoms with E-state index in [-0.39, 0.29) is 23.7 Å². The molecule has 1 spiro atoms. The summed E-state index contributed by atoms with van der Waals surface area (Å²) in [6, 6.07) is 21.8. The summed E-state index contributed by atoms with van der Waals surface area (Å²) in [5, 5.41) is 0. The molecule has 2 heterocycles. The molecule has 6 heteroatoms. The third-order valence-electron chi connectivity index (χ3n) is 6.61. The van der Waals surface area contributed by atoms with Crippen LogP contribution in [0, 0.1) is 11.6 Å². The second-order valence-electron chi connectivity index (χ2n) is 8.46. The van der Waals surface area contributed by atoms with E-state index in [1.165, 1.54) is 16.9 Å². The Labute approximate surface area is 186 Å². The van der Waals surface area contributed by atoms with Crippen LogP contribution in [-0.2, 0) is 10.2 Å².